The number of benzene rings is 2. The van der Waals surface area contributed by atoms with Gasteiger partial charge >= 0.3 is 0 Å². The Morgan fingerprint density at radius 1 is 0.783 bits per heavy atom. The molecule has 0 saturated heterocycles. The fraction of sp³-hybridized carbons (Fsp3) is 0.143. The Bertz CT molecular complexity index is 942. The number of fused-ring (bicyclic) bond motifs is 3. The van der Waals surface area contributed by atoms with Crippen molar-refractivity contribution in [1.29, 1.82) is 10.8 Å². The number of nitrogens with one attached hydrogen (secondary N) is 2. The van der Waals surface area contributed by atoms with E-state index in [1.165, 1.54) is 27.8 Å². The highest BCUT2D eigenvalue weighted by atomic mass is 14.5. The minimum atomic E-state index is 0.316. The molecule has 2 heteroatoms. The van der Waals surface area contributed by atoms with Crippen molar-refractivity contribution < 1.29 is 0 Å². The van der Waals surface area contributed by atoms with Crippen LogP contribution >= 0.6 is 0 Å². The molecular formula is C21H18N2. The second-order valence-corrected chi connectivity index (χ2v) is 6.39. The van der Waals surface area contributed by atoms with Gasteiger partial charge in [0.05, 0.1) is 11.4 Å². The fourth-order valence-electron chi connectivity index (χ4n) is 3.45. The molecule has 0 atom stereocenters. The monoisotopic (exact) mass is 298 g/mol. The van der Waals surface area contributed by atoms with Crippen LogP contribution in [0.5, 0.6) is 0 Å². The van der Waals surface area contributed by atoms with E-state index in [-0.39, 0.29) is 0 Å². The maximum atomic E-state index is 8.24. The summed E-state index contributed by atoms with van der Waals surface area (Å²) in [6.45, 7) is 4.01. The molecule has 0 aliphatic heterocycles. The maximum Gasteiger partial charge on any atom is 0.0870 e. The van der Waals surface area contributed by atoms with Crippen LogP contribution in [-0.2, 0) is 6.42 Å². The molecule has 23 heavy (non-hydrogen) atoms. The molecule has 0 spiro atoms. The summed E-state index contributed by atoms with van der Waals surface area (Å²) in [4.78, 5) is 0. The van der Waals surface area contributed by atoms with E-state index in [0.717, 1.165) is 23.1 Å². The predicted molar refractivity (Wildman–Crippen MR) is 96.6 cm³/mol. The molecule has 2 aromatic carbocycles. The molecule has 2 aromatic rings. The lowest BCUT2D eigenvalue weighted by molar-refractivity contribution is 1.24. The molecule has 0 radical (unpaired) electrons. The molecule has 112 valence electrons. The quantitative estimate of drug-likeness (QED) is 0.597. The van der Waals surface area contributed by atoms with Crippen molar-refractivity contribution in [3.05, 3.63) is 76.4 Å². The first kappa shape index (κ1) is 13.9. The molecule has 4 rings (SSSR count). The van der Waals surface area contributed by atoms with Crippen LogP contribution in [0.3, 0.4) is 0 Å². The van der Waals surface area contributed by atoms with Crippen LogP contribution < -0.4 is 0 Å². The van der Waals surface area contributed by atoms with Gasteiger partial charge < -0.3 is 0 Å². The molecule has 0 saturated carbocycles. The first-order chi connectivity index (χ1) is 11.0. The molecule has 0 fully saturated rings. The van der Waals surface area contributed by atoms with Gasteiger partial charge in [0.2, 0.25) is 0 Å². The molecule has 0 heterocycles. The van der Waals surface area contributed by atoms with E-state index in [1.807, 2.05) is 19.1 Å². The standard InChI is InChI=1S/C21H18N2/c1-12-3-6-17-15(9-12)11-16-10-14(5-8-18(16)17)19-7-4-13(2)20(22)21(19)23/h3-10,22-23H,11H2,1-2H3. The zero-order valence-electron chi connectivity index (χ0n) is 13.3. The van der Waals surface area contributed by atoms with E-state index in [0.29, 0.717) is 11.4 Å². The van der Waals surface area contributed by atoms with Crippen LogP contribution in [0, 0.1) is 17.7 Å². The van der Waals surface area contributed by atoms with E-state index >= 15 is 0 Å². The van der Waals surface area contributed by atoms with E-state index in [1.54, 1.807) is 0 Å². The van der Waals surface area contributed by atoms with E-state index in [9.17, 15) is 0 Å². The van der Waals surface area contributed by atoms with Gasteiger partial charge in [-0.15, -0.1) is 0 Å². The summed E-state index contributed by atoms with van der Waals surface area (Å²) in [5.74, 6) is 0. The fourth-order valence-corrected chi connectivity index (χ4v) is 3.45. The van der Waals surface area contributed by atoms with Crippen molar-refractivity contribution in [2.24, 2.45) is 0 Å². The molecule has 0 unspecified atom stereocenters. The summed E-state index contributed by atoms with van der Waals surface area (Å²) in [7, 11) is 0. The normalized spacial score (nSPS) is 15.9. The van der Waals surface area contributed by atoms with Crippen LogP contribution in [0.4, 0.5) is 0 Å². The summed E-state index contributed by atoms with van der Waals surface area (Å²) in [6, 6.07) is 13.1. The second-order valence-electron chi connectivity index (χ2n) is 6.39. The summed E-state index contributed by atoms with van der Waals surface area (Å²) in [5.41, 5.74) is 9.98. The molecule has 2 aliphatic carbocycles. The summed E-state index contributed by atoms with van der Waals surface area (Å²) >= 11 is 0. The number of hydrogen-bond acceptors (Lipinski definition) is 2. The lowest BCUT2D eigenvalue weighted by atomic mass is 9.89. The van der Waals surface area contributed by atoms with Gasteiger partial charge in [-0.1, -0.05) is 54.1 Å². The average Bonchev–Trinajstić information content (AvgIpc) is 2.89. The third-order valence-electron chi connectivity index (χ3n) is 4.76. The van der Waals surface area contributed by atoms with E-state index in [4.69, 9.17) is 10.8 Å². The van der Waals surface area contributed by atoms with Gasteiger partial charge in [-0.05, 0) is 53.7 Å². The lowest BCUT2D eigenvalue weighted by Gasteiger charge is -2.16. The Labute approximate surface area is 136 Å². The molecule has 2 nitrogen and oxygen atoms in total. The molecule has 2 aliphatic rings. The van der Waals surface area contributed by atoms with Gasteiger partial charge in [-0.3, -0.25) is 10.8 Å². The summed E-state index contributed by atoms with van der Waals surface area (Å²) in [5, 5.41) is 16.3. The van der Waals surface area contributed by atoms with Crippen molar-refractivity contribution in [3.63, 3.8) is 0 Å². The summed E-state index contributed by atoms with van der Waals surface area (Å²) < 4.78 is 0. The smallest absolute Gasteiger partial charge is 0.0870 e. The molecular weight excluding hydrogens is 280 g/mol. The molecule has 0 aromatic heterocycles. The summed E-state index contributed by atoms with van der Waals surface area (Å²) in [6.07, 6.45) is 4.85. The number of allylic oxidation sites excluding steroid dienone is 4. The average molecular weight is 298 g/mol. The maximum absolute atomic E-state index is 8.24. The highest BCUT2D eigenvalue weighted by Gasteiger charge is 2.22. The van der Waals surface area contributed by atoms with Gasteiger partial charge in [-0.25, -0.2) is 0 Å². The minimum Gasteiger partial charge on any atom is -0.298 e. The SMILES string of the molecule is CC1=CC=C(c2ccc3c(c2)Cc2cc(C)ccc2-3)C(=N)C1=N. The highest BCUT2D eigenvalue weighted by molar-refractivity contribution is 6.61. The molecule has 0 amide bonds. The van der Waals surface area contributed by atoms with Crippen molar-refractivity contribution in [2.45, 2.75) is 20.3 Å². The van der Waals surface area contributed by atoms with Crippen molar-refractivity contribution >= 4 is 17.0 Å². The van der Waals surface area contributed by atoms with Gasteiger partial charge in [0.1, 0.15) is 0 Å². The zero-order chi connectivity index (χ0) is 16.1. The van der Waals surface area contributed by atoms with Crippen LogP contribution in [-0.4, -0.2) is 11.4 Å². The largest absolute Gasteiger partial charge is 0.298 e. The third-order valence-corrected chi connectivity index (χ3v) is 4.76. The van der Waals surface area contributed by atoms with Crippen molar-refractivity contribution in [3.8, 4) is 11.1 Å². The number of aryl methyl sites for hydroxylation is 1. The Kier molecular flexibility index (Phi) is 2.95. The van der Waals surface area contributed by atoms with E-state index in [2.05, 4.69) is 43.3 Å². The minimum absolute atomic E-state index is 0.316. The number of hydrogen-bond donors (Lipinski definition) is 2. The predicted octanol–water partition coefficient (Wildman–Crippen LogP) is 4.95. The van der Waals surface area contributed by atoms with Crippen LogP contribution in [0.2, 0.25) is 0 Å². The first-order valence-corrected chi connectivity index (χ1v) is 7.84. The molecule has 2 N–H and O–H groups in total. The zero-order valence-corrected chi connectivity index (χ0v) is 13.3. The Morgan fingerprint density at radius 3 is 2.26 bits per heavy atom. The second kappa shape index (κ2) is 4.88. The van der Waals surface area contributed by atoms with Crippen LogP contribution in [0.25, 0.3) is 16.7 Å². The molecule has 0 bridgehead atoms. The number of rotatable bonds is 1. The van der Waals surface area contributed by atoms with Gasteiger partial charge in [0.25, 0.3) is 0 Å². The van der Waals surface area contributed by atoms with E-state index < -0.39 is 0 Å². The van der Waals surface area contributed by atoms with Gasteiger partial charge in [0.15, 0.2) is 0 Å². The third kappa shape index (κ3) is 2.10. The van der Waals surface area contributed by atoms with Crippen molar-refractivity contribution in [2.75, 3.05) is 0 Å². The Balaban J connectivity index is 1.79. The van der Waals surface area contributed by atoms with Crippen LogP contribution in [0.15, 0.2) is 54.1 Å². The van der Waals surface area contributed by atoms with Gasteiger partial charge in [-0.2, -0.15) is 0 Å². The topological polar surface area (TPSA) is 47.7 Å². The van der Waals surface area contributed by atoms with Crippen molar-refractivity contribution in [1.82, 2.24) is 0 Å². The highest BCUT2D eigenvalue weighted by Crippen LogP contribution is 2.38. The van der Waals surface area contributed by atoms with Gasteiger partial charge in [0, 0.05) is 5.57 Å². The Hall–Kier alpha value is -2.74. The lowest BCUT2D eigenvalue weighted by Crippen LogP contribution is -2.17. The Morgan fingerprint density at radius 2 is 1.48 bits per heavy atom. The first-order valence-electron chi connectivity index (χ1n) is 7.84. The van der Waals surface area contributed by atoms with Crippen LogP contribution in [0.1, 0.15) is 29.2 Å².